The average Bonchev–Trinajstić information content (AvgIpc) is 2.37. The summed E-state index contributed by atoms with van der Waals surface area (Å²) >= 11 is 0. The maximum atomic E-state index is 12.6. The number of ether oxygens (including phenoxy) is 1. The molecule has 1 saturated heterocycles. The number of hydrogen-bond acceptors (Lipinski definition) is 3. The molecule has 0 radical (unpaired) electrons. The first-order valence-corrected chi connectivity index (χ1v) is 6.19. The van der Waals surface area contributed by atoms with Gasteiger partial charge in [-0.1, -0.05) is 0 Å². The molecule has 9 heteroatoms. The van der Waals surface area contributed by atoms with Gasteiger partial charge >= 0.3 is 18.2 Å². The van der Waals surface area contributed by atoms with Gasteiger partial charge in [-0.3, -0.25) is 0 Å². The monoisotopic (exact) mass is 298 g/mol. The maximum absolute atomic E-state index is 12.6. The Morgan fingerprint density at radius 3 is 2.70 bits per heavy atom. The van der Waals surface area contributed by atoms with Gasteiger partial charge in [-0.25, -0.2) is 9.59 Å². The number of carbonyl (C=O) groups is 2. The standard InChI is InChI=1S/C11H17F3N2O4/c12-11(13,14)8-2-1-4-16(6-8)10(19)15-3-5-20-7-9(17)18/h8H,1-7H2,(H,15,19)(H,17,18). The summed E-state index contributed by atoms with van der Waals surface area (Å²) in [6.45, 7) is -0.483. The minimum absolute atomic E-state index is 0.00538. The molecular formula is C11H17F3N2O4. The van der Waals surface area contributed by atoms with Crippen LogP contribution in [0.5, 0.6) is 0 Å². The fourth-order valence-electron chi connectivity index (χ4n) is 1.93. The molecule has 1 heterocycles. The zero-order valence-electron chi connectivity index (χ0n) is 10.8. The molecule has 2 amide bonds. The largest absolute Gasteiger partial charge is 0.480 e. The van der Waals surface area contributed by atoms with Crippen LogP contribution in [0.2, 0.25) is 0 Å². The number of halogens is 3. The fourth-order valence-corrected chi connectivity index (χ4v) is 1.93. The molecule has 0 aromatic rings. The van der Waals surface area contributed by atoms with Gasteiger partial charge in [-0.05, 0) is 12.8 Å². The first-order valence-electron chi connectivity index (χ1n) is 6.19. The van der Waals surface area contributed by atoms with Crippen molar-refractivity contribution in [2.75, 3.05) is 32.8 Å². The van der Waals surface area contributed by atoms with Crippen molar-refractivity contribution in [3.05, 3.63) is 0 Å². The molecule has 0 aliphatic carbocycles. The molecule has 1 fully saturated rings. The van der Waals surface area contributed by atoms with Crippen LogP contribution < -0.4 is 5.32 Å². The molecule has 2 N–H and O–H groups in total. The number of amides is 2. The minimum atomic E-state index is -4.29. The highest BCUT2D eigenvalue weighted by Gasteiger charge is 2.42. The van der Waals surface area contributed by atoms with Crippen LogP contribution >= 0.6 is 0 Å². The summed E-state index contributed by atoms with van der Waals surface area (Å²) in [6, 6.07) is -0.585. The molecule has 20 heavy (non-hydrogen) atoms. The molecule has 1 aliphatic heterocycles. The summed E-state index contributed by atoms with van der Waals surface area (Å²) in [4.78, 5) is 22.9. The molecule has 6 nitrogen and oxygen atoms in total. The van der Waals surface area contributed by atoms with Crippen molar-refractivity contribution in [1.29, 1.82) is 0 Å². The summed E-state index contributed by atoms with van der Waals surface area (Å²) in [5.41, 5.74) is 0. The Labute approximate surface area is 113 Å². The van der Waals surface area contributed by atoms with E-state index in [-0.39, 0.29) is 32.7 Å². The van der Waals surface area contributed by atoms with Gasteiger partial charge in [0.05, 0.1) is 12.5 Å². The van der Waals surface area contributed by atoms with Gasteiger partial charge in [-0.15, -0.1) is 0 Å². The van der Waals surface area contributed by atoms with Gasteiger partial charge in [0.1, 0.15) is 6.61 Å². The third-order valence-corrected chi connectivity index (χ3v) is 2.92. The van der Waals surface area contributed by atoms with Crippen molar-refractivity contribution in [2.24, 2.45) is 5.92 Å². The second-order valence-corrected chi connectivity index (χ2v) is 4.51. The highest BCUT2D eigenvalue weighted by molar-refractivity contribution is 5.74. The first kappa shape index (κ1) is 16.5. The van der Waals surface area contributed by atoms with Gasteiger partial charge in [0.25, 0.3) is 0 Å². The van der Waals surface area contributed by atoms with E-state index in [2.05, 4.69) is 5.32 Å². The first-order chi connectivity index (χ1) is 9.30. The number of carboxylic acid groups (broad SMARTS) is 1. The Morgan fingerprint density at radius 2 is 2.10 bits per heavy atom. The lowest BCUT2D eigenvalue weighted by molar-refractivity contribution is -0.184. The highest BCUT2D eigenvalue weighted by Crippen LogP contribution is 2.32. The Balaban J connectivity index is 2.27. The second-order valence-electron chi connectivity index (χ2n) is 4.51. The summed E-state index contributed by atoms with van der Waals surface area (Å²) in [5.74, 6) is -2.61. The number of aliphatic carboxylic acids is 1. The predicted octanol–water partition coefficient (Wildman–Crippen LogP) is 1.07. The SMILES string of the molecule is O=C(O)COCCNC(=O)N1CCCC(C(F)(F)F)C1. The summed E-state index contributed by atoms with van der Waals surface area (Å²) in [5, 5.41) is 10.7. The summed E-state index contributed by atoms with van der Waals surface area (Å²) < 4.78 is 42.4. The fraction of sp³-hybridized carbons (Fsp3) is 0.818. The number of alkyl halides is 3. The van der Waals surface area contributed by atoms with Crippen molar-refractivity contribution in [3.63, 3.8) is 0 Å². The van der Waals surface area contributed by atoms with Crippen LogP contribution in [-0.2, 0) is 9.53 Å². The molecule has 116 valence electrons. The van der Waals surface area contributed by atoms with Gasteiger partial charge in [-0.2, -0.15) is 13.2 Å². The van der Waals surface area contributed by atoms with Crippen molar-refractivity contribution in [1.82, 2.24) is 10.2 Å². The zero-order valence-corrected chi connectivity index (χ0v) is 10.8. The van der Waals surface area contributed by atoms with Gasteiger partial charge < -0.3 is 20.1 Å². The smallest absolute Gasteiger partial charge is 0.393 e. The number of urea groups is 1. The number of likely N-dealkylation sites (tertiary alicyclic amines) is 1. The van der Waals surface area contributed by atoms with E-state index >= 15 is 0 Å². The predicted molar refractivity (Wildman–Crippen MR) is 62.2 cm³/mol. The lowest BCUT2D eigenvalue weighted by atomic mass is 9.98. The van der Waals surface area contributed by atoms with Crippen LogP contribution in [0.1, 0.15) is 12.8 Å². The van der Waals surface area contributed by atoms with E-state index in [4.69, 9.17) is 9.84 Å². The van der Waals surface area contributed by atoms with Gasteiger partial charge in [0.15, 0.2) is 0 Å². The van der Waals surface area contributed by atoms with E-state index in [1.807, 2.05) is 0 Å². The normalized spacial score (nSPS) is 19.8. The minimum Gasteiger partial charge on any atom is -0.480 e. The quantitative estimate of drug-likeness (QED) is 0.744. The molecule has 1 rings (SSSR count). The molecule has 0 aromatic carbocycles. The molecule has 1 aliphatic rings. The number of rotatable bonds is 5. The number of nitrogens with zero attached hydrogens (tertiary/aromatic N) is 1. The molecule has 0 aromatic heterocycles. The van der Waals surface area contributed by atoms with Crippen LogP contribution in [0.3, 0.4) is 0 Å². The van der Waals surface area contributed by atoms with Crippen molar-refractivity contribution in [3.8, 4) is 0 Å². The van der Waals surface area contributed by atoms with E-state index in [0.717, 1.165) is 4.90 Å². The zero-order chi connectivity index (χ0) is 15.2. The lowest BCUT2D eigenvalue weighted by Gasteiger charge is -2.33. The van der Waals surface area contributed by atoms with Crippen LogP contribution in [-0.4, -0.2) is 61.0 Å². The van der Waals surface area contributed by atoms with Crippen LogP contribution in [0.4, 0.5) is 18.0 Å². The van der Waals surface area contributed by atoms with E-state index < -0.39 is 30.7 Å². The van der Waals surface area contributed by atoms with Crippen LogP contribution in [0.25, 0.3) is 0 Å². The molecular weight excluding hydrogens is 281 g/mol. The summed E-state index contributed by atoms with van der Waals surface area (Å²) in [6.07, 6.45) is -3.94. The maximum Gasteiger partial charge on any atom is 0.393 e. The van der Waals surface area contributed by atoms with Gasteiger partial charge in [0.2, 0.25) is 0 Å². The lowest BCUT2D eigenvalue weighted by Crippen LogP contribution is -2.49. The molecule has 0 spiro atoms. The molecule has 1 unspecified atom stereocenters. The number of carboxylic acids is 1. The van der Waals surface area contributed by atoms with Crippen molar-refractivity contribution >= 4 is 12.0 Å². The van der Waals surface area contributed by atoms with E-state index in [1.165, 1.54) is 0 Å². The number of carbonyl (C=O) groups excluding carboxylic acids is 1. The topological polar surface area (TPSA) is 78.9 Å². The summed E-state index contributed by atoms with van der Waals surface area (Å²) in [7, 11) is 0. The van der Waals surface area contributed by atoms with E-state index in [0.29, 0.717) is 6.42 Å². The Kier molecular flexibility index (Phi) is 6.05. The van der Waals surface area contributed by atoms with Crippen LogP contribution in [0, 0.1) is 5.92 Å². The molecule has 1 atom stereocenters. The Hall–Kier alpha value is -1.51. The Morgan fingerprint density at radius 1 is 1.40 bits per heavy atom. The van der Waals surface area contributed by atoms with E-state index in [9.17, 15) is 22.8 Å². The molecule has 0 bridgehead atoms. The van der Waals surface area contributed by atoms with E-state index in [1.54, 1.807) is 0 Å². The molecule has 0 saturated carbocycles. The van der Waals surface area contributed by atoms with Crippen molar-refractivity contribution in [2.45, 2.75) is 19.0 Å². The number of nitrogens with one attached hydrogen (secondary N) is 1. The van der Waals surface area contributed by atoms with Crippen molar-refractivity contribution < 1.29 is 32.6 Å². The van der Waals surface area contributed by atoms with Crippen LogP contribution in [0.15, 0.2) is 0 Å². The van der Waals surface area contributed by atoms with Gasteiger partial charge in [0, 0.05) is 19.6 Å². The third-order valence-electron chi connectivity index (χ3n) is 2.92. The number of hydrogen-bond donors (Lipinski definition) is 2. The highest BCUT2D eigenvalue weighted by atomic mass is 19.4. The average molecular weight is 298 g/mol. The Bertz CT molecular complexity index is 349. The number of piperidine rings is 1. The second kappa shape index (κ2) is 7.32. The third kappa shape index (κ3) is 5.64.